The zero-order valence-corrected chi connectivity index (χ0v) is 10.3. The summed E-state index contributed by atoms with van der Waals surface area (Å²) in [4.78, 5) is 8.34. The van der Waals surface area contributed by atoms with Crippen molar-refractivity contribution >= 4 is 0 Å². The third-order valence-corrected chi connectivity index (χ3v) is 2.17. The van der Waals surface area contributed by atoms with Crippen LogP contribution in [0.15, 0.2) is 6.20 Å². The van der Waals surface area contributed by atoms with Crippen molar-refractivity contribution in [3.63, 3.8) is 0 Å². The quantitative estimate of drug-likeness (QED) is 0.515. The topological polar surface area (TPSA) is 91.5 Å². The number of hydrogen-bond acceptors (Lipinski definition) is 7. The number of nitrogens with two attached hydrogens (primary N) is 1. The lowest BCUT2D eigenvalue weighted by Crippen LogP contribution is -2.32. The SMILES string of the molecule is CCOCC(NN)c1ncc(OC)nc1OC. The Morgan fingerprint density at radius 3 is 2.71 bits per heavy atom. The first-order valence-electron chi connectivity index (χ1n) is 5.25. The summed E-state index contributed by atoms with van der Waals surface area (Å²) in [6, 6.07) is -0.275. The lowest BCUT2D eigenvalue weighted by atomic mass is 10.2. The molecule has 1 unspecified atom stereocenters. The predicted octanol–water partition coefficient (Wildman–Crippen LogP) is 0.0347. The highest BCUT2D eigenvalue weighted by Crippen LogP contribution is 2.22. The molecule has 0 amide bonds. The third-order valence-electron chi connectivity index (χ3n) is 2.17. The molecule has 0 saturated heterocycles. The first kappa shape index (κ1) is 13.6. The van der Waals surface area contributed by atoms with E-state index in [9.17, 15) is 0 Å². The molecule has 0 spiro atoms. The second-order valence-corrected chi connectivity index (χ2v) is 3.19. The molecule has 0 saturated carbocycles. The Morgan fingerprint density at radius 2 is 2.18 bits per heavy atom. The molecular weight excluding hydrogens is 224 g/mol. The van der Waals surface area contributed by atoms with Crippen molar-refractivity contribution in [3.05, 3.63) is 11.9 Å². The Labute approximate surface area is 100 Å². The van der Waals surface area contributed by atoms with Gasteiger partial charge in [-0.3, -0.25) is 5.84 Å². The monoisotopic (exact) mass is 242 g/mol. The minimum absolute atomic E-state index is 0.275. The fourth-order valence-electron chi connectivity index (χ4n) is 1.30. The molecule has 1 aromatic rings. The second kappa shape index (κ2) is 7.00. The predicted molar refractivity (Wildman–Crippen MR) is 61.7 cm³/mol. The number of aromatic nitrogens is 2. The highest BCUT2D eigenvalue weighted by Gasteiger charge is 2.18. The van der Waals surface area contributed by atoms with Gasteiger partial charge in [-0.25, -0.2) is 10.4 Å². The molecule has 1 rings (SSSR count). The first-order valence-corrected chi connectivity index (χ1v) is 5.25. The molecule has 96 valence electrons. The number of ether oxygens (including phenoxy) is 3. The molecule has 3 N–H and O–H groups in total. The van der Waals surface area contributed by atoms with Gasteiger partial charge in [-0.15, -0.1) is 0 Å². The molecule has 0 bridgehead atoms. The smallest absolute Gasteiger partial charge is 0.240 e. The Bertz CT molecular complexity index is 348. The van der Waals surface area contributed by atoms with E-state index in [1.807, 2.05) is 6.92 Å². The summed E-state index contributed by atoms with van der Waals surface area (Å²) in [5.41, 5.74) is 3.20. The Kier molecular flexibility index (Phi) is 5.61. The maximum absolute atomic E-state index is 5.46. The fraction of sp³-hybridized carbons (Fsp3) is 0.600. The van der Waals surface area contributed by atoms with Gasteiger partial charge in [-0.05, 0) is 6.92 Å². The Balaban J connectivity index is 2.93. The zero-order valence-electron chi connectivity index (χ0n) is 10.3. The van der Waals surface area contributed by atoms with Crippen molar-refractivity contribution in [3.8, 4) is 11.8 Å². The van der Waals surface area contributed by atoms with Gasteiger partial charge in [0.05, 0.1) is 33.1 Å². The summed E-state index contributed by atoms with van der Waals surface area (Å²) >= 11 is 0. The van der Waals surface area contributed by atoms with Gasteiger partial charge in [-0.1, -0.05) is 0 Å². The maximum atomic E-state index is 5.46. The minimum Gasteiger partial charge on any atom is -0.480 e. The second-order valence-electron chi connectivity index (χ2n) is 3.19. The van der Waals surface area contributed by atoms with Gasteiger partial charge < -0.3 is 14.2 Å². The summed E-state index contributed by atoms with van der Waals surface area (Å²) in [6.07, 6.45) is 1.51. The van der Waals surface area contributed by atoms with E-state index in [1.165, 1.54) is 20.4 Å². The van der Waals surface area contributed by atoms with Gasteiger partial charge in [0.25, 0.3) is 0 Å². The van der Waals surface area contributed by atoms with Crippen LogP contribution in [0.1, 0.15) is 18.7 Å². The van der Waals surface area contributed by atoms with Crippen LogP contribution in [0, 0.1) is 0 Å². The van der Waals surface area contributed by atoms with E-state index in [0.717, 1.165) is 0 Å². The van der Waals surface area contributed by atoms with Crippen molar-refractivity contribution in [1.29, 1.82) is 0 Å². The number of hydrogen-bond donors (Lipinski definition) is 2. The molecule has 0 radical (unpaired) electrons. The van der Waals surface area contributed by atoms with Gasteiger partial charge in [0, 0.05) is 6.61 Å². The van der Waals surface area contributed by atoms with Crippen LogP contribution in [0.25, 0.3) is 0 Å². The van der Waals surface area contributed by atoms with Gasteiger partial charge >= 0.3 is 0 Å². The van der Waals surface area contributed by atoms with Crippen molar-refractivity contribution in [2.75, 3.05) is 27.4 Å². The van der Waals surface area contributed by atoms with E-state index in [2.05, 4.69) is 15.4 Å². The van der Waals surface area contributed by atoms with Crippen molar-refractivity contribution in [2.45, 2.75) is 13.0 Å². The van der Waals surface area contributed by atoms with Crippen LogP contribution in [0.4, 0.5) is 0 Å². The van der Waals surface area contributed by atoms with Crippen LogP contribution in [-0.4, -0.2) is 37.4 Å². The number of nitrogens with one attached hydrogen (secondary N) is 1. The number of rotatable bonds is 7. The molecule has 7 nitrogen and oxygen atoms in total. The van der Waals surface area contributed by atoms with Crippen LogP contribution in [0.3, 0.4) is 0 Å². The summed E-state index contributed by atoms with van der Waals surface area (Å²) < 4.78 is 15.4. The molecular formula is C10H18N4O3. The molecule has 1 atom stereocenters. The van der Waals surface area contributed by atoms with Crippen LogP contribution in [-0.2, 0) is 4.74 Å². The van der Waals surface area contributed by atoms with E-state index in [1.54, 1.807) is 0 Å². The van der Waals surface area contributed by atoms with E-state index < -0.39 is 0 Å². The summed E-state index contributed by atoms with van der Waals surface area (Å²) in [6.45, 7) is 2.90. The molecule has 17 heavy (non-hydrogen) atoms. The molecule has 1 aromatic heterocycles. The van der Waals surface area contributed by atoms with Gasteiger partial charge in [0.2, 0.25) is 11.8 Å². The summed E-state index contributed by atoms with van der Waals surface area (Å²) in [7, 11) is 3.03. The molecule has 7 heteroatoms. The van der Waals surface area contributed by atoms with Crippen molar-refractivity contribution < 1.29 is 14.2 Å². The van der Waals surface area contributed by atoms with E-state index in [4.69, 9.17) is 20.1 Å². The fourth-order valence-corrected chi connectivity index (χ4v) is 1.30. The molecule has 0 aromatic carbocycles. The van der Waals surface area contributed by atoms with E-state index in [-0.39, 0.29) is 6.04 Å². The van der Waals surface area contributed by atoms with Crippen LogP contribution in [0.2, 0.25) is 0 Å². The maximum Gasteiger partial charge on any atom is 0.240 e. The normalized spacial score (nSPS) is 12.2. The van der Waals surface area contributed by atoms with E-state index >= 15 is 0 Å². The average Bonchev–Trinajstić information content (AvgIpc) is 2.39. The van der Waals surface area contributed by atoms with Crippen LogP contribution >= 0.6 is 0 Å². The van der Waals surface area contributed by atoms with Crippen molar-refractivity contribution in [1.82, 2.24) is 15.4 Å². The van der Waals surface area contributed by atoms with Crippen molar-refractivity contribution in [2.24, 2.45) is 5.84 Å². The first-order chi connectivity index (χ1) is 8.26. The zero-order chi connectivity index (χ0) is 12.7. The van der Waals surface area contributed by atoms with Gasteiger partial charge in [-0.2, -0.15) is 4.98 Å². The summed E-state index contributed by atoms with van der Waals surface area (Å²) in [5, 5.41) is 0. The average molecular weight is 242 g/mol. The third kappa shape index (κ3) is 3.52. The minimum atomic E-state index is -0.275. The largest absolute Gasteiger partial charge is 0.480 e. The number of nitrogens with zero attached hydrogens (tertiary/aromatic N) is 2. The lowest BCUT2D eigenvalue weighted by Gasteiger charge is -2.17. The number of methoxy groups -OCH3 is 2. The molecule has 0 aliphatic carbocycles. The van der Waals surface area contributed by atoms with Gasteiger partial charge in [0.1, 0.15) is 5.69 Å². The standard InChI is InChI=1S/C10H18N4O3/c1-4-17-6-7(14-11)9-10(16-3)13-8(15-2)5-12-9/h5,7,14H,4,6,11H2,1-3H3. The summed E-state index contributed by atoms with van der Waals surface area (Å²) in [5.74, 6) is 6.21. The molecule has 0 fully saturated rings. The Hall–Kier alpha value is -1.44. The highest BCUT2D eigenvalue weighted by molar-refractivity contribution is 5.25. The molecule has 0 aliphatic heterocycles. The van der Waals surface area contributed by atoms with E-state index in [0.29, 0.717) is 30.7 Å². The van der Waals surface area contributed by atoms with Gasteiger partial charge in [0.15, 0.2) is 0 Å². The van der Waals surface area contributed by atoms with Crippen LogP contribution in [0.5, 0.6) is 11.8 Å². The highest BCUT2D eigenvalue weighted by atomic mass is 16.5. The molecule has 1 heterocycles. The Morgan fingerprint density at radius 1 is 1.41 bits per heavy atom. The van der Waals surface area contributed by atoms with Crippen LogP contribution < -0.4 is 20.7 Å². The molecule has 0 aliphatic rings. The lowest BCUT2D eigenvalue weighted by molar-refractivity contribution is 0.120. The number of hydrazine groups is 1.